The van der Waals surface area contributed by atoms with Crippen LogP contribution in [-0.4, -0.2) is 27.6 Å². The first-order valence-electron chi connectivity index (χ1n) is 8.84. The van der Waals surface area contributed by atoms with E-state index in [2.05, 4.69) is 5.10 Å². The first-order chi connectivity index (χ1) is 12.9. The van der Waals surface area contributed by atoms with Gasteiger partial charge in [0.1, 0.15) is 11.3 Å². The second-order valence-corrected chi connectivity index (χ2v) is 6.60. The molecule has 27 heavy (non-hydrogen) atoms. The Kier molecular flexibility index (Phi) is 5.50. The van der Waals surface area contributed by atoms with Gasteiger partial charge in [0, 0.05) is 11.8 Å². The smallest absolute Gasteiger partial charge is 0.342 e. The number of hydrogen-bond acceptors (Lipinski definition) is 4. The van der Waals surface area contributed by atoms with Gasteiger partial charge >= 0.3 is 5.97 Å². The van der Waals surface area contributed by atoms with Crippen LogP contribution in [-0.2, 0) is 16.1 Å². The maximum atomic E-state index is 12.7. The zero-order valence-corrected chi connectivity index (χ0v) is 15.7. The first-order valence-corrected chi connectivity index (χ1v) is 8.84. The Bertz CT molecular complexity index is 943. The summed E-state index contributed by atoms with van der Waals surface area (Å²) in [6.45, 7) is 5.51. The van der Waals surface area contributed by atoms with Gasteiger partial charge in [-0.2, -0.15) is 5.10 Å². The molecule has 1 heterocycles. The minimum Gasteiger partial charge on any atom is -0.451 e. The van der Waals surface area contributed by atoms with E-state index >= 15 is 0 Å². The molecular weight excluding hydrogens is 340 g/mol. The number of rotatable bonds is 6. The molecule has 0 fully saturated rings. The lowest BCUT2D eigenvalue weighted by Gasteiger charge is -2.09. The Balaban J connectivity index is 1.97. The Morgan fingerprint density at radius 1 is 1.07 bits per heavy atom. The van der Waals surface area contributed by atoms with Crippen LogP contribution in [0.2, 0.25) is 0 Å². The third-order valence-electron chi connectivity index (χ3n) is 4.35. The number of Topliss-reactive ketones (excluding diaryl/α,β-unsaturated/α-hetero) is 1. The number of carbonyl (C=O) groups is 2. The highest BCUT2D eigenvalue weighted by molar-refractivity contribution is 5.97. The number of esters is 1. The highest BCUT2D eigenvalue weighted by Crippen LogP contribution is 2.24. The highest BCUT2D eigenvalue weighted by Gasteiger charge is 2.22. The van der Waals surface area contributed by atoms with E-state index in [4.69, 9.17) is 4.74 Å². The molecule has 0 aliphatic heterocycles. The number of aryl methyl sites for hydroxylation is 1. The highest BCUT2D eigenvalue weighted by atomic mass is 16.5. The van der Waals surface area contributed by atoms with Gasteiger partial charge in [-0.3, -0.25) is 9.48 Å². The summed E-state index contributed by atoms with van der Waals surface area (Å²) < 4.78 is 7.03. The van der Waals surface area contributed by atoms with Gasteiger partial charge in [0.15, 0.2) is 11.9 Å². The summed E-state index contributed by atoms with van der Waals surface area (Å²) in [5.74, 6) is -0.746. The predicted octanol–water partition coefficient (Wildman–Crippen LogP) is 4.04. The molecular formula is C22H22N2O3. The second-order valence-electron chi connectivity index (χ2n) is 6.60. The lowest BCUT2D eigenvalue weighted by molar-refractivity contribution is -0.124. The van der Waals surface area contributed by atoms with Crippen LogP contribution < -0.4 is 0 Å². The molecule has 2 aromatic carbocycles. The van der Waals surface area contributed by atoms with Crippen molar-refractivity contribution in [2.45, 2.75) is 33.4 Å². The van der Waals surface area contributed by atoms with Crippen molar-refractivity contribution >= 4 is 11.8 Å². The third-order valence-corrected chi connectivity index (χ3v) is 4.35. The fraction of sp³-hybridized carbons (Fsp3) is 0.227. The van der Waals surface area contributed by atoms with Crippen LogP contribution in [0.4, 0.5) is 0 Å². The average molecular weight is 362 g/mol. The fourth-order valence-corrected chi connectivity index (χ4v) is 2.65. The Labute approximate surface area is 158 Å². The van der Waals surface area contributed by atoms with Crippen molar-refractivity contribution in [3.63, 3.8) is 0 Å². The molecule has 0 bridgehead atoms. The predicted molar refractivity (Wildman–Crippen MR) is 104 cm³/mol. The van der Waals surface area contributed by atoms with Crippen LogP contribution >= 0.6 is 0 Å². The zero-order valence-electron chi connectivity index (χ0n) is 15.7. The Hall–Kier alpha value is -3.21. The van der Waals surface area contributed by atoms with E-state index in [1.165, 1.54) is 6.92 Å². The summed E-state index contributed by atoms with van der Waals surface area (Å²) >= 11 is 0. The van der Waals surface area contributed by atoms with E-state index < -0.39 is 12.1 Å². The number of ether oxygens (including phenoxy) is 1. The molecule has 5 nitrogen and oxygen atoms in total. The molecule has 0 radical (unpaired) electrons. The SMILES string of the molecule is CC(=O)C(C)OC(=O)c1cn(Cc2ccccc2)nc1-c1ccc(C)cc1. The van der Waals surface area contributed by atoms with Gasteiger partial charge in [0.25, 0.3) is 0 Å². The topological polar surface area (TPSA) is 61.2 Å². The van der Waals surface area contributed by atoms with Crippen molar-refractivity contribution in [2.75, 3.05) is 0 Å². The average Bonchev–Trinajstić information content (AvgIpc) is 3.07. The molecule has 1 atom stereocenters. The van der Waals surface area contributed by atoms with Crippen LogP contribution in [0.1, 0.15) is 35.3 Å². The van der Waals surface area contributed by atoms with Crippen molar-refractivity contribution in [3.8, 4) is 11.3 Å². The van der Waals surface area contributed by atoms with Gasteiger partial charge in [-0.25, -0.2) is 4.79 Å². The summed E-state index contributed by atoms with van der Waals surface area (Å²) in [5.41, 5.74) is 3.92. The molecule has 3 aromatic rings. The monoisotopic (exact) mass is 362 g/mol. The zero-order chi connectivity index (χ0) is 19.4. The fourth-order valence-electron chi connectivity index (χ4n) is 2.65. The van der Waals surface area contributed by atoms with Crippen molar-refractivity contribution in [1.82, 2.24) is 9.78 Å². The summed E-state index contributed by atoms with van der Waals surface area (Å²) in [5, 5.41) is 4.61. The van der Waals surface area contributed by atoms with E-state index in [0.29, 0.717) is 17.8 Å². The standard InChI is InChI=1S/C22H22N2O3/c1-15-9-11-19(12-10-15)21-20(22(26)27-17(3)16(2)25)14-24(23-21)13-18-7-5-4-6-8-18/h4-12,14,17H,13H2,1-3H3. The van der Waals surface area contributed by atoms with Crippen LogP contribution in [0.5, 0.6) is 0 Å². The molecule has 0 N–H and O–H groups in total. The molecule has 138 valence electrons. The molecule has 0 saturated carbocycles. The lowest BCUT2D eigenvalue weighted by atomic mass is 10.1. The molecule has 3 rings (SSSR count). The van der Waals surface area contributed by atoms with Crippen LogP contribution in [0.15, 0.2) is 60.8 Å². The van der Waals surface area contributed by atoms with Gasteiger partial charge in [-0.15, -0.1) is 0 Å². The van der Waals surface area contributed by atoms with E-state index in [-0.39, 0.29) is 5.78 Å². The molecule has 0 saturated heterocycles. The normalized spacial score (nSPS) is 11.8. The van der Waals surface area contributed by atoms with Gasteiger partial charge < -0.3 is 4.74 Å². The molecule has 0 amide bonds. The maximum Gasteiger partial charge on any atom is 0.342 e. The van der Waals surface area contributed by atoms with E-state index in [1.807, 2.05) is 61.5 Å². The van der Waals surface area contributed by atoms with Crippen LogP contribution in [0.3, 0.4) is 0 Å². The van der Waals surface area contributed by atoms with Crippen molar-refractivity contribution in [3.05, 3.63) is 77.5 Å². The van der Waals surface area contributed by atoms with Crippen LogP contribution in [0.25, 0.3) is 11.3 Å². The van der Waals surface area contributed by atoms with Crippen molar-refractivity contribution < 1.29 is 14.3 Å². The number of ketones is 1. The molecule has 1 unspecified atom stereocenters. The maximum absolute atomic E-state index is 12.7. The van der Waals surface area contributed by atoms with Crippen molar-refractivity contribution in [1.29, 1.82) is 0 Å². The van der Waals surface area contributed by atoms with Crippen molar-refractivity contribution in [2.24, 2.45) is 0 Å². The quantitative estimate of drug-likeness (QED) is 0.621. The Morgan fingerprint density at radius 3 is 2.37 bits per heavy atom. The van der Waals surface area contributed by atoms with Gasteiger partial charge in [-0.1, -0.05) is 60.2 Å². The second kappa shape index (κ2) is 7.99. The van der Waals surface area contributed by atoms with E-state index in [0.717, 1.165) is 16.7 Å². The lowest BCUT2D eigenvalue weighted by Crippen LogP contribution is -2.22. The molecule has 0 aliphatic rings. The van der Waals surface area contributed by atoms with Gasteiger partial charge in [-0.05, 0) is 26.3 Å². The van der Waals surface area contributed by atoms with Gasteiger partial charge in [0.05, 0.1) is 6.54 Å². The molecule has 0 spiro atoms. The minimum atomic E-state index is -0.791. The summed E-state index contributed by atoms with van der Waals surface area (Å²) in [4.78, 5) is 24.1. The molecule has 5 heteroatoms. The number of nitrogens with zero attached hydrogens (tertiary/aromatic N) is 2. The number of hydrogen-bond donors (Lipinski definition) is 0. The largest absolute Gasteiger partial charge is 0.451 e. The van der Waals surface area contributed by atoms with Crippen LogP contribution in [0, 0.1) is 6.92 Å². The van der Waals surface area contributed by atoms with E-state index in [9.17, 15) is 9.59 Å². The first kappa shape index (κ1) is 18.6. The molecule has 1 aromatic heterocycles. The number of carbonyl (C=O) groups excluding carboxylic acids is 2. The number of aromatic nitrogens is 2. The van der Waals surface area contributed by atoms with E-state index in [1.54, 1.807) is 17.8 Å². The molecule has 0 aliphatic carbocycles. The minimum absolute atomic E-state index is 0.197. The Morgan fingerprint density at radius 2 is 1.74 bits per heavy atom. The third kappa shape index (κ3) is 4.50. The summed E-state index contributed by atoms with van der Waals surface area (Å²) in [6, 6.07) is 17.7. The summed E-state index contributed by atoms with van der Waals surface area (Å²) in [7, 11) is 0. The number of benzene rings is 2. The van der Waals surface area contributed by atoms with Gasteiger partial charge in [0.2, 0.25) is 0 Å². The summed E-state index contributed by atoms with van der Waals surface area (Å²) in [6.07, 6.45) is 0.887.